The van der Waals surface area contributed by atoms with Crippen molar-refractivity contribution >= 4 is 11.3 Å². The minimum atomic E-state index is -4.27. The first kappa shape index (κ1) is 15.3. The van der Waals surface area contributed by atoms with Gasteiger partial charge in [-0.3, -0.25) is 0 Å². The second-order valence-electron chi connectivity index (χ2n) is 3.73. The van der Waals surface area contributed by atoms with Crippen molar-refractivity contribution in [3.8, 4) is 0 Å². The van der Waals surface area contributed by atoms with Crippen molar-refractivity contribution in [3.05, 3.63) is 10.0 Å². The molecule has 4 nitrogen and oxygen atoms in total. The third kappa shape index (κ3) is 5.74. The SMILES string of the molecule is CCNC(C)c1nnc(CCOCC(F)(F)F)s1. The molecule has 8 heteroatoms. The summed E-state index contributed by atoms with van der Waals surface area (Å²) >= 11 is 1.39. The lowest BCUT2D eigenvalue weighted by Crippen LogP contribution is -2.17. The van der Waals surface area contributed by atoms with Crippen LogP contribution in [0.15, 0.2) is 0 Å². The van der Waals surface area contributed by atoms with Crippen molar-refractivity contribution in [2.75, 3.05) is 19.8 Å². The lowest BCUT2D eigenvalue weighted by Gasteiger charge is -2.07. The molecule has 0 bridgehead atoms. The summed E-state index contributed by atoms with van der Waals surface area (Å²) in [5.41, 5.74) is 0. The van der Waals surface area contributed by atoms with Crippen LogP contribution in [0.3, 0.4) is 0 Å². The molecule has 0 aliphatic rings. The molecule has 0 saturated heterocycles. The van der Waals surface area contributed by atoms with E-state index in [4.69, 9.17) is 0 Å². The third-order valence-corrected chi connectivity index (χ3v) is 3.25. The molecule has 1 aromatic rings. The maximum Gasteiger partial charge on any atom is 0.411 e. The lowest BCUT2D eigenvalue weighted by molar-refractivity contribution is -0.173. The molecule has 0 radical (unpaired) electrons. The van der Waals surface area contributed by atoms with Crippen LogP contribution >= 0.6 is 11.3 Å². The number of rotatable bonds is 7. The lowest BCUT2D eigenvalue weighted by atomic mass is 10.3. The smallest absolute Gasteiger partial charge is 0.372 e. The molecule has 0 fully saturated rings. The summed E-state index contributed by atoms with van der Waals surface area (Å²) in [5, 5.41) is 12.6. The van der Waals surface area contributed by atoms with Gasteiger partial charge in [0, 0.05) is 6.42 Å². The largest absolute Gasteiger partial charge is 0.411 e. The van der Waals surface area contributed by atoms with Gasteiger partial charge in [0.1, 0.15) is 16.6 Å². The normalized spacial score (nSPS) is 13.8. The van der Waals surface area contributed by atoms with Crippen LogP contribution in [0.5, 0.6) is 0 Å². The Morgan fingerprint density at radius 3 is 2.72 bits per heavy atom. The second-order valence-corrected chi connectivity index (χ2v) is 4.82. The van der Waals surface area contributed by atoms with Gasteiger partial charge in [0.05, 0.1) is 12.6 Å². The van der Waals surface area contributed by atoms with Crippen LogP contribution in [0.25, 0.3) is 0 Å². The predicted molar refractivity (Wildman–Crippen MR) is 62.6 cm³/mol. The van der Waals surface area contributed by atoms with Crippen LogP contribution in [0.2, 0.25) is 0 Å². The van der Waals surface area contributed by atoms with E-state index in [1.54, 1.807) is 0 Å². The topological polar surface area (TPSA) is 47.0 Å². The number of nitrogens with zero attached hydrogens (tertiary/aromatic N) is 2. The van der Waals surface area contributed by atoms with Crippen LogP contribution in [0.4, 0.5) is 13.2 Å². The Balaban J connectivity index is 2.31. The van der Waals surface area contributed by atoms with Gasteiger partial charge in [-0.1, -0.05) is 18.3 Å². The quantitative estimate of drug-likeness (QED) is 0.780. The highest BCUT2D eigenvalue weighted by molar-refractivity contribution is 7.11. The van der Waals surface area contributed by atoms with Crippen molar-refractivity contribution in [1.29, 1.82) is 0 Å². The Labute approximate surface area is 108 Å². The molecule has 0 aliphatic heterocycles. The van der Waals surface area contributed by atoms with Crippen molar-refractivity contribution in [1.82, 2.24) is 15.5 Å². The second kappa shape index (κ2) is 7.01. The maximum absolute atomic E-state index is 11.8. The van der Waals surface area contributed by atoms with Gasteiger partial charge in [-0.15, -0.1) is 10.2 Å². The highest BCUT2D eigenvalue weighted by atomic mass is 32.1. The van der Waals surface area contributed by atoms with Gasteiger partial charge in [-0.25, -0.2) is 0 Å². The van der Waals surface area contributed by atoms with E-state index in [0.29, 0.717) is 11.4 Å². The summed E-state index contributed by atoms with van der Waals surface area (Å²) in [6, 6.07) is 0.109. The molecule has 18 heavy (non-hydrogen) atoms. The van der Waals surface area contributed by atoms with Crippen LogP contribution < -0.4 is 5.32 Å². The number of aromatic nitrogens is 2. The van der Waals surface area contributed by atoms with Crippen LogP contribution in [0.1, 0.15) is 29.9 Å². The molecule has 0 amide bonds. The number of alkyl halides is 3. The number of nitrogens with one attached hydrogen (secondary N) is 1. The van der Waals surface area contributed by atoms with E-state index in [2.05, 4.69) is 20.3 Å². The van der Waals surface area contributed by atoms with E-state index in [1.165, 1.54) is 11.3 Å². The Morgan fingerprint density at radius 1 is 1.39 bits per heavy atom. The molecule has 0 aliphatic carbocycles. The van der Waals surface area contributed by atoms with Gasteiger partial charge < -0.3 is 10.1 Å². The fourth-order valence-corrected chi connectivity index (χ4v) is 2.13. The Bertz CT molecular complexity index is 356. The summed E-state index contributed by atoms with van der Waals surface area (Å²) in [6.07, 6.45) is -3.92. The first-order chi connectivity index (χ1) is 8.42. The average molecular weight is 283 g/mol. The minimum absolute atomic E-state index is 0.00370. The van der Waals surface area contributed by atoms with Crippen molar-refractivity contribution in [2.45, 2.75) is 32.5 Å². The molecule has 1 atom stereocenters. The summed E-state index contributed by atoms with van der Waals surface area (Å²) in [6.45, 7) is 3.57. The van der Waals surface area contributed by atoms with E-state index in [-0.39, 0.29) is 12.6 Å². The Kier molecular flexibility index (Phi) is 5.97. The minimum Gasteiger partial charge on any atom is -0.372 e. The first-order valence-corrected chi connectivity index (χ1v) is 6.44. The van der Waals surface area contributed by atoms with Gasteiger partial charge >= 0.3 is 6.18 Å². The standard InChI is InChI=1S/C10H16F3N3OS/c1-3-14-7(2)9-16-15-8(18-9)4-5-17-6-10(11,12)13/h7,14H,3-6H2,1-2H3. The zero-order chi connectivity index (χ0) is 13.6. The molecular formula is C10H16F3N3OS. The Hall–Kier alpha value is -0.730. The monoisotopic (exact) mass is 283 g/mol. The number of ether oxygens (including phenoxy) is 1. The van der Waals surface area contributed by atoms with E-state index in [9.17, 15) is 13.2 Å². The summed E-state index contributed by atoms with van der Waals surface area (Å²) < 4.78 is 40.0. The first-order valence-electron chi connectivity index (χ1n) is 5.62. The highest BCUT2D eigenvalue weighted by Gasteiger charge is 2.27. The summed E-state index contributed by atoms with van der Waals surface area (Å²) in [5.74, 6) is 0. The molecule has 1 aromatic heterocycles. The van der Waals surface area contributed by atoms with Gasteiger partial charge in [0.15, 0.2) is 0 Å². The zero-order valence-corrected chi connectivity index (χ0v) is 11.1. The van der Waals surface area contributed by atoms with Gasteiger partial charge in [0.25, 0.3) is 0 Å². The predicted octanol–water partition coefficient (Wildman–Crippen LogP) is 2.33. The van der Waals surface area contributed by atoms with E-state index < -0.39 is 12.8 Å². The Morgan fingerprint density at radius 2 is 2.11 bits per heavy atom. The van der Waals surface area contributed by atoms with Crippen LogP contribution in [-0.2, 0) is 11.2 Å². The third-order valence-electron chi connectivity index (χ3n) is 2.09. The number of halogens is 3. The molecule has 0 saturated carbocycles. The van der Waals surface area contributed by atoms with E-state index >= 15 is 0 Å². The molecule has 0 spiro atoms. The van der Waals surface area contributed by atoms with Crippen LogP contribution in [-0.4, -0.2) is 36.1 Å². The van der Waals surface area contributed by atoms with Gasteiger partial charge in [0.2, 0.25) is 0 Å². The molecule has 0 aromatic carbocycles. The van der Waals surface area contributed by atoms with Crippen molar-refractivity contribution < 1.29 is 17.9 Å². The summed E-state index contributed by atoms with van der Waals surface area (Å²) in [7, 11) is 0. The zero-order valence-electron chi connectivity index (χ0n) is 10.3. The molecular weight excluding hydrogens is 267 g/mol. The van der Waals surface area contributed by atoms with Gasteiger partial charge in [-0.05, 0) is 13.5 Å². The fourth-order valence-electron chi connectivity index (χ4n) is 1.28. The molecule has 1 heterocycles. The number of hydrogen-bond acceptors (Lipinski definition) is 5. The van der Waals surface area contributed by atoms with Crippen molar-refractivity contribution in [2.24, 2.45) is 0 Å². The number of hydrogen-bond donors (Lipinski definition) is 1. The van der Waals surface area contributed by atoms with Crippen LogP contribution in [0, 0.1) is 0 Å². The average Bonchev–Trinajstić information content (AvgIpc) is 2.72. The summed E-state index contributed by atoms with van der Waals surface area (Å²) in [4.78, 5) is 0. The van der Waals surface area contributed by atoms with Crippen molar-refractivity contribution in [3.63, 3.8) is 0 Å². The maximum atomic E-state index is 11.8. The molecule has 1 rings (SSSR count). The highest BCUT2D eigenvalue weighted by Crippen LogP contribution is 2.18. The van der Waals surface area contributed by atoms with E-state index in [0.717, 1.165) is 11.6 Å². The molecule has 104 valence electrons. The molecule has 1 unspecified atom stereocenters. The van der Waals surface area contributed by atoms with Gasteiger partial charge in [-0.2, -0.15) is 13.2 Å². The fraction of sp³-hybridized carbons (Fsp3) is 0.800. The van der Waals surface area contributed by atoms with E-state index in [1.807, 2.05) is 13.8 Å². The molecule has 1 N–H and O–H groups in total.